The molecule has 6 rings (SSSR count). The highest BCUT2D eigenvalue weighted by atomic mass is 16.3. The number of aryl methyl sites for hydroxylation is 3. The molecule has 0 N–H and O–H groups in total. The number of rotatable bonds is 1. The van der Waals surface area contributed by atoms with E-state index in [4.69, 9.17) is 14.4 Å². The van der Waals surface area contributed by atoms with E-state index in [0.717, 1.165) is 46.5 Å². The van der Waals surface area contributed by atoms with Crippen LogP contribution in [0.15, 0.2) is 65.3 Å². The summed E-state index contributed by atoms with van der Waals surface area (Å²) in [4.78, 5) is 9.46. The van der Waals surface area contributed by atoms with E-state index in [2.05, 4.69) is 82.3 Å². The Morgan fingerprint density at radius 3 is 2.41 bits per heavy atom. The summed E-state index contributed by atoms with van der Waals surface area (Å²) in [5.74, 6) is 1.02. The number of nitrogens with zero attached hydrogens (tertiary/aromatic N) is 2. The number of hydrogen-bond acceptors (Lipinski definition) is 3. The molecule has 3 nitrogen and oxygen atoms in total. The van der Waals surface area contributed by atoms with Crippen LogP contribution in [0.3, 0.4) is 0 Å². The average molecular weight is 419 g/mol. The largest absolute Gasteiger partial charge is 0.456 e. The summed E-state index contributed by atoms with van der Waals surface area (Å²) < 4.78 is 6.50. The van der Waals surface area contributed by atoms with Gasteiger partial charge in [-0.05, 0) is 57.9 Å². The minimum atomic E-state index is 0.00947. The van der Waals surface area contributed by atoms with Gasteiger partial charge >= 0.3 is 0 Å². The van der Waals surface area contributed by atoms with Crippen LogP contribution in [0.2, 0.25) is 0 Å². The molecule has 0 spiro atoms. The highest BCUT2D eigenvalue weighted by Gasteiger charge is 2.27. The van der Waals surface area contributed by atoms with E-state index >= 15 is 0 Å². The molecule has 2 heterocycles. The molecule has 0 atom stereocenters. The fraction of sp³-hybridized carbons (Fsp3) is 0.241. The van der Waals surface area contributed by atoms with E-state index in [1.165, 1.54) is 33.0 Å². The average Bonchev–Trinajstić information content (AvgIpc) is 3.18. The van der Waals surface area contributed by atoms with Crippen LogP contribution < -0.4 is 0 Å². The number of aromatic nitrogens is 2. The Balaban J connectivity index is 1.68. The maximum Gasteiger partial charge on any atom is 0.179 e. The molecular weight excluding hydrogens is 392 g/mol. The second-order valence-electron chi connectivity index (χ2n) is 9.85. The molecule has 0 fully saturated rings. The molecule has 1 aliphatic rings. The van der Waals surface area contributed by atoms with Crippen LogP contribution in [0.25, 0.3) is 44.3 Å². The normalized spacial score (nSPS) is 13.4. The summed E-state index contributed by atoms with van der Waals surface area (Å²) in [5.41, 5.74) is 10.0. The van der Waals surface area contributed by atoms with Crippen molar-refractivity contribution in [3.05, 3.63) is 83.4 Å². The second-order valence-corrected chi connectivity index (χ2v) is 9.85. The van der Waals surface area contributed by atoms with E-state index in [1.807, 2.05) is 0 Å². The molecule has 0 aliphatic heterocycles. The van der Waals surface area contributed by atoms with Crippen LogP contribution in [-0.2, 0) is 18.3 Å². The fourth-order valence-electron chi connectivity index (χ4n) is 5.22. The first-order valence-electron chi connectivity index (χ1n) is 11.3. The van der Waals surface area contributed by atoms with E-state index in [0.29, 0.717) is 0 Å². The summed E-state index contributed by atoms with van der Waals surface area (Å²) in [6.45, 7) is 9.00. The van der Waals surface area contributed by atoms with Gasteiger partial charge in [-0.1, -0.05) is 69.3 Å². The van der Waals surface area contributed by atoms with Gasteiger partial charge in [0.2, 0.25) is 0 Å². The predicted molar refractivity (Wildman–Crippen MR) is 131 cm³/mol. The molecule has 2 aromatic heterocycles. The minimum Gasteiger partial charge on any atom is -0.456 e. The van der Waals surface area contributed by atoms with E-state index in [-0.39, 0.29) is 5.41 Å². The molecule has 1 aliphatic carbocycles. The summed E-state index contributed by atoms with van der Waals surface area (Å²) in [5, 5.41) is 2.57. The van der Waals surface area contributed by atoms with E-state index in [1.54, 1.807) is 6.33 Å². The van der Waals surface area contributed by atoms with Gasteiger partial charge < -0.3 is 4.42 Å². The van der Waals surface area contributed by atoms with Crippen LogP contribution in [0, 0.1) is 6.92 Å². The zero-order chi connectivity index (χ0) is 22.0. The van der Waals surface area contributed by atoms with Gasteiger partial charge in [0, 0.05) is 12.0 Å². The molecule has 0 bridgehead atoms. The smallest absolute Gasteiger partial charge is 0.179 e. The van der Waals surface area contributed by atoms with Crippen LogP contribution >= 0.6 is 0 Å². The van der Waals surface area contributed by atoms with Crippen LogP contribution in [0.5, 0.6) is 0 Å². The Kier molecular flexibility index (Phi) is 4.07. The van der Waals surface area contributed by atoms with Gasteiger partial charge in [0.25, 0.3) is 0 Å². The topological polar surface area (TPSA) is 38.9 Å². The van der Waals surface area contributed by atoms with Crippen molar-refractivity contribution < 1.29 is 4.42 Å². The molecule has 0 unspecified atom stereocenters. The van der Waals surface area contributed by atoms with Crippen molar-refractivity contribution in [3.63, 3.8) is 0 Å². The maximum atomic E-state index is 6.50. The Morgan fingerprint density at radius 2 is 1.59 bits per heavy atom. The lowest BCUT2D eigenvalue weighted by molar-refractivity contribution is 0.545. The van der Waals surface area contributed by atoms with Gasteiger partial charge in [0.1, 0.15) is 23.3 Å². The van der Waals surface area contributed by atoms with E-state index < -0.39 is 0 Å². The Bertz CT molecular complexity index is 1520. The third kappa shape index (κ3) is 2.74. The predicted octanol–water partition coefficient (Wildman–Crippen LogP) is 7.41. The lowest BCUT2D eigenvalue weighted by Crippen LogP contribution is -2.12. The first kappa shape index (κ1) is 19.2. The first-order valence-corrected chi connectivity index (χ1v) is 11.3. The monoisotopic (exact) mass is 418 g/mol. The SMILES string of the molecule is Cc1c(-c2ncnc3c4c(oc23)CCc2ccccc2-4)cc(C(C)(C)C)c2ccccc12. The molecule has 5 aromatic rings. The van der Waals surface area contributed by atoms with Gasteiger partial charge in [-0.25, -0.2) is 9.97 Å². The Hall–Kier alpha value is -3.46. The van der Waals surface area contributed by atoms with Crippen LogP contribution in [-0.4, -0.2) is 9.97 Å². The Labute approximate surface area is 188 Å². The minimum absolute atomic E-state index is 0.00947. The van der Waals surface area contributed by atoms with Crippen molar-refractivity contribution >= 4 is 21.9 Å². The zero-order valence-electron chi connectivity index (χ0n) is 19.0. The standard InChI is InChI=1S/C29H26N2O/c1-17-19-10-7-8-12-21(19)23(29(2,3)4)15-22(17)26-28-27(31-16-30-26)25-20-11-6-5-9-18(20)13-14-24(25)32-28/h5-12,15-16H,13-14H2,1-4H3. The lowest BCUT2D eigenvalue weighted by Gasteiger charge is -2.24. The molecule has 0 saturated carbocycles. The number of benzene rings is 3. The third-order valence-electron chi connectivity index (χ3n) is 6.83. The maximum absolute atomic E-state index is 6.50. The van der Waals surface area contributed by atoms with Gasteiger partial charge in [-0.3, -0.25) is 0 Å². The van der Waals surface area contributed by atoms with Crippen LogP contribution in [0.1, 0.15) is 43.2 Å². The zero-order valence-corrected chi connectivity index (χ0v) is 19.0. The molecule has 158 valence electrons. The lowest BCUT2D eigenvalue weighted by atomic mass is 9.80. The van der Waals surface area contributed by atoms with Crippen molar-refractivity contribution in [1.29, 1.82) is 0 Å². The van der Waals surface area contributed by atoms with Crippen molar-refractivity contribution in [1.82, 2.24) is 9.97 Å². The van der Waals surface area contributed by atoms with Crippen LogP contribution in [0.4, 0.5) is 0 Å². The summed E-state index contributed by atoms with van der Waals surface area (Å²) in [6, 6.07) is 19.6. The molecule has 3 aromatic carbocycles. The van der Waals surface area contributed by atoms with Crippen molar-refractivity contribution in [2.24, 2.45) is 0 Å². The third-order valence-corrected chi connectivity index (χ3v) is 6.83. The Morgan fingerprint density at radius 1 is 0.844 bits per heavy atom. The van der Waals surface area contributed by atoms with Crippen molar-refractivity contribution in [3.8, 4) is 22.4 Å². The second kappa shape index (κ2) is 6.77. The molecule has 0 radical (unpaired) electrons. The molecular formula is C29H26N2O. The summed E-state index contributed by atoms with van der Waals surface area (Å²) in [6.07, 6.45) is 3.58. The summed E-state index contributed by atoms with van der Waals surface area (Å²) >= 11 is 0. The number of hydrogen-bond donors (Lipinski definition) is 0. The van der Waals surface area contributed by atoms with Crippen molar-refractivity contribution in [2.75, 3.05) is 0 Å². The van der Waals surface area contributed by atoms with Gasteiger partial charge in [0.05, 0.1) is 5.56 Å². The molecule has 0 amide bonds. The highest BCUT2D eigenvalue weighted by Crippen LogP contribution is 2.44. The van der Waals surface area contributed by atoms with E-state index in [9.17, 15) is 0 Å². The quantitative estimate of drug-likeness (QED) is 0.284. The first-order chi connectivity index (χ1) is 15.4. The number of fused-ring (bicyclic) bond motifs is 6. The fourth-order valence-corrected chi connectivity index (χ4v) is 5.22. The highest BCUT2D eigenvalue weighted by molar-refractivity contribution is 6.03. The molecule has 3 heteroatoms. The number of furan rings is 1. The van der Waals surface area contributed by atoms with Gasteiger partial charge in [0.15, 0.2) is 5.58 Å². The molecule has 32 heavy (non-hydrogen) atoms. The van der Waals surface area contributed by atoms with Crippen molar-refractivity contribution in [2.45, 2.75) is 46.0 Å². The molecule has 0 saturated heterocycles. The summed E-state index contributed by atoms with van der Waals surface area (Å²) in [7, 11) is 0. The van der Waals surface area contributed by atoms with Gasteiger partial charge in [-0.15, -0.1) is 0 Å². The van der Waals surface area contributed by atoms with Gasteiger partial charge in [-0.2, -0.15) is 0 Å².